The van der Waals surface area contributed by atoms with E-state index in [1.807, 2.05) is 6.92 Å². The van der Waals surface area contributed by atoms with Gasteiger partial charge in [0.05, 0.1) is 12.6 Å². The number of halogens is 3. The highest BCUT2D eigenvalue weighted by molar-refractivity contribution is 8.93. The van der Waals surface area contributed by atoms with Gasteiger partial charge in [0, 0.05) is 17.7 Å². The van der Waals surface area contributed by atoms with Crippen molar-refractivity contribution >= 4 is 17.0 Å². The Labute approximate surface area is 115 Å². The monoisotopic (exact) mass is 323 g/mol. The van der Waals surface area contributed by atoms with Crippen molar-refractivity contribution in [3.63, 3.8) is 0 Å². The van der Waals surface area contributed by atoms with Crippen LogP contribution in [0.4, 0.5) is 8.78 Å². The van der Waals surface area contributed by atoms with Crippen LogP contribution in [0.2, 0.25) is 0 Å². The van der Waals surface area contributed by atoms with Crippen molar-refractivity contribution in [2.75, 3.05) is 6.61 Å². The Morgan fingerprint density at radius 2 is 1.83 bits per heavy atom. The van der Waals surface area contributed by atoms with Gasteiger partial charge in [0.25, 0.3) is 0 Å². The predicted molar refractivity (Wildman–Crippen MR) is 68.6 cm³/mol. The van der Waals surface area contributed by atoms with Crippen molar-refractivity contribution in [1.29, 1.82) is 0 Å². The maximum atomic E-state index is 13.1. The molecule has 0 spiro atoms. The van der Waals surface area contributed by atoms with Crippen LogP contribution < -0.4 is 5.32 Å². The van der Waals surface area contributed by atoms with E-state index in [2.05, 4.69) is 5.32 Å². The Hall–Kier alpha value is -0.560. The van der Waals surface area contributed by atoms with E-state index in [0.717, 1.165) is 18.2 Å². The van der Waals surface area contributed by atoms with Crippen molar-refractivity contribution in [3.8, 4) is 0 Å². The third-order valence-corrected chi connectivity index (χ3v) is 2.95. The van der Waals surface area contributed by atoms with Crippen LogP contribution in [0, 0.1) is 11.6 Å². The number of ether oxygens (including phenoxy) is 1. The summed E-state index contributed by atoms with van der Waals surface area (Å²) in [5, 5.41) is 13.4. The summed E-state index contributed by atoms with van der Waals surface area (Å²) in [6.07, 6.45) is 0. The average molecular weight is 324 g/mol. The fourth-order valence-electron chi connectivity index (χ4n) is 2.06. The predicted octanol–water partition coefficient (Wildman–Crippen LogP) is 2.08. The average Bonchev–Trinajstić information content (AvgIpc) is 2.22. The molecule has 18 heavy (non-hydrogen) atoms. The highest BCUT2D eigenvalue weighted by atomic mass is 79.9. The molecule has 3 atom stereocenters. The van der Waals surface area contributed by atoms with Crippen LogP contribution in [-0.4, -0.2) is 23.8 Å². The van der Waals surface area contributed by atoms with Crippen molar-refractivity contribution in [3.05, 3.63) is 35.4 Å². The molecular formula is C12H16BrF2NO2. The first kappa shape index (κ1) is 15.5. The zero-order chi connectivity index (χ0) is 12.6. The molecule has 0 amide bonds. The van der Waals surface area contributed by atoms with Crippen molar-refractivity contribution in [2.45, 2.75) is 31.7 Å². The third-order valence-electron chi connectivity index (χ3n) is 2.95. The van der Waals surface area contributed by atoms with Crippen LogP contribution in [0.3, 0.4) is 0 Å². The quantitative estimate of drug-likeness (QED) is 0.831. The van der Waals surface area contributed by atoms with E-state index in [9.17, 15) is 13.9 Å². The molecule has 0 unspecified atom stereocenters. The maximum absolute atomic E-state index is 13.1. The lowest BCUT2D eigenvalue weighted by molar-refractivity contribution is -0.253. The number of hydrogen-bond donors (Lipinski definition) is 2. The molecule has 0 radical (unpaired) electrons. The minimum absolute atomic E-state index is 0. The number of rotatable bonds is 1. The summed E-state index contributed by atoms with van der Waals surface area (Å²) in [6, 6.07) is 2.56. The molecule has 1 aliphatic heterocycles. The van der Waals surface area contributed by atoms with Crippen molar-refractivity contribution in [2.24, 2.45) is 0 Å². The van der Waals surface area contributed by atoms with Crippen LogP contribution in [0.25, 0.3) is 0 Å². The van der Waals surface area contributed by atoms with Crippen LogP contribution >= 0.6 is 17.0 Å². The standard InChI is InChI=1S/C12H15F2NO2.BrH/c1-7-6-17-12(16,8(2)15-7)9-3-10(13)5-11(14)4-9;/h3-5,7-8,15-16H,6H2,1-2H3;1H/t7-,8+,12-;/m0./s1. The topological polar surface area (TPSA) is 41.5 Å². The third kappa shape index (κ3) is 2.88. The fraction of sp³-hybridized carbons (Fsp3) is 0.500. The van der Waals surface area contributed by atoms with Gasteiger partial charge < -0.3 is 15.2 Å². The number of aliphatic hydroxyl groups is 1. The van der Waals surface area contributed by atoms with E-state index in [1.165, 1.54) is 0 Å². The lowest BCUT2D eigenvalue weighted by atomic mass is 9.96. The second-order valence-electron chi connectivity index (χ2n) is 4.45. The first-order chi connectivity index (χ1) is 7.91. The normalized spacial score (nSPS) is 31.8. The van der Waals surface area contributed by atoms with Gasteiger partial charge in [-0.1, -0.05) is 0 Å². The molecule has 2 N–H and O–H groups in total. The molecule has 0 saturated carbocycles. The van der Waals surface area contributed by atoms with Crippen LogP contribution in [0.5, 0.6) is 0 Å². The van der Waals surface area contributed by atoms with Gasteiger partial charge in [-0.2, -0.15) is 0 Å². The molecule has 1 heterocycles. The van der Waals surface area contributed by atoms with Crippen molar-refractivity contribution < 1.29 is 18.6 Å². The molecule has 1 aromatic rings. The van der Waals surface area contributed by atoms with E-state index >= 15 is 0 Å². The SMILES string of the molecule is Br.C[C@H]1CO[C@](O)(c2cc(F)cc(F)c2)[C@@H](C)N1. The number of morpholine rings is 1. The summed E-state index contributed by atoms with van der Waals surface area (Å²) in [6.45, 7) is 3.89. The van der Waals surface area contributed by atoms with Gasteiger partial charge in [-0.05, 0) is 26.0 Å². The molecule has 0 aliphatic carbocycles. The van der Waals surface area contributed by atoms with Gasteiger partial charge in [0.2, 0.25) is 5.79 Å². The zero-order valence-corrected chi connectivity index (χ0v) is 11.8. The molecule has 3 nitrogen and oxygen atoms in total. The minimum Gasteiger partial charge on any atom is -0.361 e. The largest absolute Gasteiger partial charge is 0.361 e. The van der Waals surface area contributed by atoms with Gasteiger partial charge in [-0.25, -0.2) is 8.78 Å². The summed E-state index contributed by atoms with van der Waals surface area (Å²) < 4.78 is 31.6. The first-order valence-corrected chi connectivity index (χ1v) is 5.51. The molecule has 1 saturated heterocycles. The van der Waals surface area contributed by atoms with E-state index in [0.29, 0.717) is 0 Å². The molecule has 1 aliphatic rings. The molecule has 0 aromatic heterocycles. The summed E-state index contributed by atoms with van der Waals surface area (Å²) in [5.74, 6) is -3.17. The highest BCUT2D eigenvalue weighted by Gasteiger charge is 2.41. The summed E-state index contributed by atoms with van der Waals surface area (Å²) >= 11 is 0. The number of nitrogens with one attached hydrogen (secondary N) is 1. The summed E-state index contributed by atoms with van der Waals surface area (Å²) in [5.41, 5.74) is 0.0851. The molecule has 6 heteroatoms. The molecular weight excluding hydrogens is 308 g/mol. The molecule has 1 fully saturated rings. The number of benzene rings is 1. The lowest BCUT2D eigenvalue weighted by Gasteiger charge is -2.41. The van der Waals surface area contributed by atoms with Crippen molar-refractivity contribution in [1.82, 2.24) is 5.32 Å². The second-order valence-corrected chi connectivity index (χ2v) is 4.45. The van der Waals surface area contributed by atoms with Gasteiger partial charge in [0.1, 0.15) is 11.6 Å². The zero-order valence-electron chi connectivity index (χ0n) is 10.1. The van der Waals surface area contributed by atoms with E-state index in [1.54, 1.807) is 6.92 Å². The van der Waals surface area contributed by atoms with E-state index in [-0.39, 0.29) is 35.2 Å². The Bertz CT molecular complexity index is 412. The molecule has 1 aromatic carbocycles. The summed E-state index contributed by atoms with van der Waals surface area (Å²) in [7, 11) is 0. The second kappa shape index (κ2) is 5.61. The minimum atomic E-state index is -1.70. The van der Waals surface area contributed by atoms with Gasteiger partial charge >= 0.3 is 0 Å². The van der Waals surface area contributed by atoms with Gasteiger partial charge in [-0.3, -0.25) is 0 Å². The number of hydrogen-bond acceptors (Lipinski definition) is 3. The first-order valence-electron chi connectivity index (χ1n) is 5.51. The van der Waals surface area contributed by atoms with Gasteiger partial charge in [-0.15, -0.1) is 17.0 Å². The molecule has 2 rings (SSSR count). The van der Waals surface area contributed by atoms with Crippen LogP contribution in [0.15, 0.2) is 18.2 Å². The highest BCUT2D eigenvalue weighted by Crippen LogP contribution is 2.30. The summed E-state index contributed by atoms with van der Waals surface area (Å²) in [4.78, 5) is 0. The van der Waals surface area contributed by atoms with Gasteiger partial charge in [0.15, 0.2) is 0 Å². The van der Waals surface area contributed by atoms with E-state index < -0.39 is 23.5 Å². The van der Waals surface area contributed by atoms with E-state index in [4.69, 9.17) is 4.74 Å². The Balaban J connectivity index is 0.00000162. The Kier molecular flexibility index (Phi) is 4.83. The van der Waals surface area contributed by atoms with Crippen LogP contribution in [0.1, 0.15) is 19.4 Å². The smallest absolute Gasteiger partial charge is 0.208 e. The fourth-order valence-corrected chi connectivity index (χ4v) is 2.06. The molecule has 102 valence electrons. The Morgan fingerprint density at radius 1 is 1.28 bits per heavy atom. The lowest BCUT2D eigenvalue weighted by Crippen LogP contribution is -2.58. The molecule has 0 bridgehead atoms. The maximum Gasteiger partial charge on any atom is 0.208 e. The van der Waals surface area contributed by atoms with Crippen LogP contribution in [-0.2, 0) is 10.5 Å². The Morgan fingerprint density at radius 3 is 2.33 bits per heavy atom.